The highest BCUT2D eigenvalue weighted by Crippen LogP contribution is 2.30. The van der Waals surface area contributed by atoms with Crippen LogP contribution < -0.4 is 5.32 Å². The maximum absolute atomic E-state index is 5.75. The number of rotatable bonds is 6. The fraction of sp³-hybridized carbons (Fsp3) is 1.00. The Balaban J connectivity index is 1.83. The Morgan fingerprint density at radius 2 is 1.76 bits per heavy atom. The van der Waals surface area contributed by atoms with E-state index >= 15 is 0 Å². The van der Waals surface area contributed by atoms with Gasteiger partial charge in [-0.05, 0) is 40.2 Å². The first-order chi connectivity index (χ1) is 9.92. The summed E-state index contributed by atoms with van der Waals surface area (Å²) in [5.41, 5.74) is 0.510. The Bertz CT molecular complexity index is 300. The summed E-state index contributed by atoms with van der Waals surface area (Å²) in [6, 6.07) is 0. The van der Waals surface area contributed by atoms with E-state index in [-0.39, 0.29) is 5.54 Å². The molecule has 2 aliphatic heterocycles. The number of nitrogens with one attached hydrogen (secondary N) is 1. The quantitative estimate of drug-likeness (QED) is 0.809. The van der Waals surface area contributed by atoms with E-state index < -0.39 is 0 Å². The van der Waals surface area contributed by atoms with Crippen molar-refractivity contribution in [2.45, 2.75) is 46.1 Å². The topological polar surface area (TPSA) is 27.7 Å². The van der Waals surface area contributed by atoms with Crippen molar-refractivity contribution in [2.24, 2.45) is 5.41 Å². The summed E-state index contributed by atoms with van der Waals surface area (Å²) in [6.45, 7) is 19.3. The summed E-state index contributed by atoms with van der Waals surface area (Å²) < 4.78 is 5.75. The second kappa shape index (κ2) is 7.40. The highest BCUT2D eigenvalue weighted by molar-refractivity contribution is 4.91. The number of piperazine rings is 1. The predicted molar refractivity (Wildman–Crippen MR) is 88.8 cm³/mol. The van der Waals surface area contributed by atoms with Crippen molar-refractivity contribution < 1.29 is 4.74 Å². The third-order valence-electron chi connectivity index (χ3n) is 4.74. The molecule has 4 heteroatoms. The number of nitrogens with zero attached hydrogens (tertiary/aromatic N) is 2. The van der Waals surface area contributed by atoms with Crippen LogP contribution in [0.15, 0.2) is 0 Å². The van der Waals surface area contributed by atoms with Gasteiger partial charge in [-0.1, -0.05) is 6.92 Å². The van der Waals surface area contributed by atoms with Crippen molar-refractivity contribution in [3.63, 3.8) is 0 Å². The molecule has 1 unspecified atom stereocenters. The van der Waals surface area contributed by atoms with Crippen molar-refractivity contribution >= 4 is 0 Å². The highest BCUT2D eigenvalue weighted by atomic mass is 16.5. The molecule has 0 radical (unpaired) electrons. The molecule has 124 valence electrons. The molecule has 0 aromatic heterocycles. The van der Waals surface area contributed by atoms with E-state index in [4.69, 9.17) is 4.74 Å². The molecule has 2 heterocycles. The van der Waals surface area contributed by atoms with E-state index in [1.165, 1.54) is 52.1 Å². The van der Waals surface area contributed by atoms with Gasteiger partial charge in [-0.2, -0.15) is 0 Å². The third-order valence-corrected chi connectivity index (χ3v) is 4.74. The molecule has 0 bridgehead atoms. The average molecular weight is 297 g/mol. The van der Waals surface area contributed by atoms with Gasteiger partial charge in [-0.3, -0.25) is 0 Å². The van der Waals surface area contributed by atoms with Crippen LogP contribution in [0.25, 0.3) is 0 Å². The van der Waals surface area contributed by atoms with Gasteiger partial charge in [0, 0.05) is 56.8 Å². The van der Waals surface area contributed by atoms with Crippen LogP contribution in [-0.2, 0) is 4.74 Å². The van der Waals surface area contributed by atoms with Crippen LogP contribution in [0.1, 0.15) is 40.5 Å². The van der Waals surface area contributed by atoms with Gasteiger partial charge in [0.2, 0.25) is 0 Å². The highest BCUT2D eigenvalue weighted by Gasteiger charge is 2.37. The van der Waals surface area contributed by atoms with Crippen molar-refractivity contribution in [3.05, 3.63) is 0 Å². The number of hydrogen-bond acceptors (Lipinski definition) is 4. The van der Waals surface area contributed by atoms with E-state index in [9.17, 15) is 0 Å². The zero-order valence-electron chi connectivity index (χ0n) is 14.6. The van der Waals surface area contributed by atoms with Gasteiger partial charge in [0.25, 0.3) is 0 Å². The molecular formula is C17H35N3O. The minimum Gasteiger partial charge on any atom is -0.381 e. The molecule has 0 spiro atoms. The third kappa shape index (κ3) is 5.51. The van der Waals surface area contributed by atoms with E-state index in [0.29, 0.717) is 5.41 Å². The first-order valence-electron chi connectivity index (χ1n) is 8.70. The molecule has 2 rings (SSSR count). The minimum atomic E-state index is 0.190. The van der Waals surface area contributed by atoms with Crippen LogP contribution in [-0.4, -0.2) is 74.4 Å². The molecule has 0 aromatic carbocycles. The molecule has 0 saturated carbocycles. The van der Waals surface area contributed by atoms with E-state index in [1.807, 2.05) is 0 Å². The molecule has 1 N–H and O–H groups in total. The summed E-state index contributed by atoms with van der Waals surface area (Å²) in [6.07, 6.45) is 2.47. The molecule has 4 nitrogen and oxygen atoms in total. The maximum Gasteiger partial charge on any atom is 0.0547 e. The van der Waals surface area contributed by atoms with Gasteiger partial charge in [0.05, 0.1) is 6.61 Å². The molecule has 1 atom stereocenters. The summed E-state index contributed by atoms with van der Waals surface area (Å²) in [4.78, 5) is 5.26. The smallest absolute Gasteiger partial charge is 0.0547 e. The first kappa shape index (κ1) is 17.2. The van der Waals surface area contributed by atoms with Crippen LogP contribution in [0.4, 0.5) is 0 Å². The molecule has 0 amide bonds. The normalized spacial score (nSPS) is 29.1. The van der Waals surface area contributed by atoms with Crippen molar-refractivity contribution in [3.8, 4) is 0 Å². The molecular weight excluding hydrogens is 262 g/mol. The fourth-order valence-electron chi connectivity index (χ4n) is 3.38. The van der Waals surface area contributed by atoms with Crippen molar-refractivity contribution in [1.29, 1.82) is 0 Å². The van der Waals surface area contributed by atoms with E-state index in [0.717, 1.165) is 19.8 Å². The van der Waals surface area contributed by atoms with E-state index in [2.05, 4.69) is 42.8 Å². The average Bonchev–Trinajstić information content (AvgIpc) is 2.88. The van der Waals surface area contributed by atoms with Crippen LogP contribution in [0, 0.1) is 5.41 Å². The van der Waals surface area contributed by atoms with Gasteiger partial charge >= 0.3 is 0 Å². The van der Waals surface area contributed by atoms with Gasteiger partial charge in [0.15, 0.2) is 0 Å². The van der Waals surface area contributed by atoms with E-state index in [1.54, 1.807) is 0 Å². The summed E-state index contributed by atoms with van der Waals surface area (Å²) in [5.74, 6) is 0. The van der Waals surface area contributed by atoms with Gasteiger partial charge in [-0.15, -0.1) is 0 Å². The lowest BCUT2D eigenvalue weighted by Crippen LogP contribution is -2.53. The molecule has 2 saturated heterocycles. The Morgan fingerprint density at radius 1 is 1.10 bits per heavy atom. The Labute approximate surface area is 131 Å². The second-order valence-electron chi connectivity index (χ2n) is 8.02. The van der Waals surface area contributed by atoms with Crippen LogP contribution in [0.2, 0.25) is 0 Å². The zero-order chi connectivity index (χ0) is 15.3. The summed E-state index contributed by atoms with van der Waals surface area (Å²) in [7, 11) is 0. The van der Waals surface area contributed by atoms with Crippen LogP contribution >= 0.6 is 0 Å². The van der Waals surface area contributed by atoms with Gasteiger partial charge < -0.3 is 19.9 Å². The zero-order valence-corrected chi connectivity index (χ0v) is 14.6. The van der Waals surface area contributed by atoms with Gasteiger partial charge in [0.1, 0.15) is 0 Å². The number of hydrogen-bond donors (Lipinski definition) is 1. The van der Waals surface area contributed by atoms with Crippen molar-refractivity contribution in [2.75, 3.05) is 59.0 Å². The predicted octanol–water partition coefficient (Wildman–Crippen LogP) is 1.81. The Kier molecular flexibility index (Phi) is 6.06. The maximum atomic E-state index is 5.75. The lowest BCUT2D eigenvalue weighted by atomic mass is 9.85. The standard InChI is InChI=1S/C17H35N3O/c1-5-7-19-8-10-20(11-9-19)14-17(6-12-21-15-17)13-18-16(2,3)4/h18H,5-15H2,1-4H3. The minimum absolute atomic E-state index is 0.190. The monoisotopic (exact) mass is 297 g/mol. The SMILES string of the molecule is CCCN1CCN(CC2(CNC(C)(C)C)CCOC2)CC1. The molecule has 0 aromatic rings. The van der Waals surface area contributed by atoms with Gasteiger partial charge in [-0.25, -0.2) is 0 Å². The lowest BCUT2D eigenvalue weighted by Gasteiger charge is -2.40. The molecule has 0 aliphatic carbocycles. The summed E-state index contributed by atoms with van der Waals surface area (Å²) >= 11 is 0. The largest absolute Gasteiger partial charge is 0.381 e. The fourth-order valence-corrected chi connectivity index (χ4v) is 3.38. The summed E-state index contributed by atoms with van der Waals surface area (Å²) in [5, 5.41) is 3.71. The number of ether oxygens (including phenoxy) is 1. The lowest BCUT2D eigenvalue weighted by molar-refractivity contribution is 0.0680. The Morgan fingerprint density at radius 3 is 2.29 bits per heavy atom. The van der Waals surface area contributed by atoms with Crippen LogP contribution in [0.3, 0.4) is 0 Å². The van der Waals surface area contributed by atoms with Crippen molar-refractivity contribution in [1.82, 2.24) is 15.1 Å². The molecule has 2 fully saturated rings. The van der Waals surface area contributed by atoms with Crippen LogP contribution in [0.5, 0.6) is 0 Å². The molecule has 2 aliphatic rings. The second-order valence-corrected chi connectivity index (χ2v) is 8.02. The molecule has 21 heavy (non-hydrogen) atoms. The first-order valence-corrected chi connectivity index (χ1v) is 8.70. The Hall–Kier alpha value is -0.160.